The molecule has 36 heavy (non-hydrogen) atoms. The Bertz CT molecular complexity index is 1420. The van der Waals surface area contributed by atoms with E-state index in [-0.39, 0.29) is 16.9 Å². The summed E-state index contributed by atoms with van der Waals surface area (Å²) in [6.45, 7) is 10.8. The highest BCUT2D eigenvalue weighted by molar-refractivity contribution is 5.83. The van der Waals surface area contributed by atoms with Crippen LogP contribution < -0.4 is 10.2 Å². The van der Waals surface area contributed by atoms with E-state index in [1.165, 1.54) is 5.56 Å². The summed E-state index contributed by atoms with van der Waals surface area (Å²) in [5.74, 6) is 1.32. The van der Waals surface area contributed by atoms with Crippen molar-refractivity contribution in [2.45, 2.75) is 33.9 Å². The number of ether oxygens (including phenoxy) is 1. The Balaban J connectivity index is 1.37. The molecule has 1 N–H and O–H groups in total. The molecule has 1 saturated heterocycles. The van der Waals surface area contributed by atoms with Gasteiger partial charge in [-0.2, -0.15) is 0 Å². The fourth-order valence-corrected chi connectivity index (χ4v) is 4.95. The van der Waals surface area contributed by atoms with Crippen LogP contribution >= 0.6 is 0 Å². The molecule has 0 aliphatic carbocycles. The van der Waals surface area contributed by atoms with Crippen molar-refractivity contribution in [3.8, 4) is 17.2 Å². The maximum absolute atomic E-state index is 13.4. The van der Waals surface area contributed by atoms with Crippen molar-refractivity contribution in [2.24, 2.45) is 0 Å². The van der Waals surface area contributed by atoms with E-state index in [2.05, 4.69) is 40.1 Å². The maximum Gasteiger partial charge on any atom is 0.235 e. The van der Waals surface area contributed by atoms with E-state index in [1.54, 1.807) is 19.1 Å². The maximum atomic E-state index is 13.4. The van der Waals surface area contributed by atoms with Gasteiger partial charge in [0.05, 0.1) is 10.9 Å². The van der Waals surface area contributed by atoms with E-state index in [0.717, 1.165) is 43.9 Å². The van der Waals surface area contributed by atoms with Crippen LogP contribution in [-0.2, 0) is 13.1 Å². The molecular formula is C30H32N2O4. The largest absolute Gasteiger partial charge is 0.507 e. The third-order valence-electron chi connectivity index (χ3n) is 6.77. The zero-order chi connectivity index (χ0) is 25.2. The Hall–Kier alpha value is -3.61. The smallest absolute Gasteiger partial charge is 0.235 e. The SMILES string of the molecule is Cc1cc(C)cc(Oc2c(C)oc3c(CN4CCN(Cc5ccccc5)CC4)c(O)ccc3c2=O)c1. The second-order valence-electron chi connectivity index (χ2n) is 9.72. The number of benzene rings is 3. The highest BCUT2D eigenvalue weighted by Crippen LogP contribution is 2.32. The summed E-state index contributed by atoms with van der Waals surface area (Å²) in [6, 6.07) is 19.5. The minimum Gasteiger partial charge on any atom is -0.507 e. The molecule has 6 nitrogen and oxygen atoms in total. The van der Waals surface area contributed by atoms with Gasteiger partial charge in [0.1, 0.15) is 22.8 Å². The molecule has 6 heteroatoms. The molecule has 0 atom stereocenters. The number of phenolic OH excluding ortho intramolecular Hbond substituents is 1. The molecule has 0 amide bonds. The molecule has 0 saturated carbocycles. The lowest BCUT2D eigenvalue weighted by Crippen LogP contribution is -2.45. The van der Waals surface area contributed by atoms with Gasteiger partial charge in [-0.25, -0.2) is 0 Å². The summed E-state index contributed by atoms with van der Waals surface area (Å²) in [5, 5.41) is 11.1. The number of aromatic hydroxyl groups is 1. The van der Waals surface area contributed by atoms with Crippen LogP contribution in [0.3, 0.4) is 0 Å². The Morgan fingerprint density at radius 1 is 0.861 bits per heavy atom. The van der Waals surface area contributed by atoms with E-state index in [1.807, 2.05) is 32.0 Å². The van der Waals surface area contributed by atoms with Gasteiger partial charge in [-0.1, -0.05) is 36.4 Å². The van der Waals surface area contributed by atoms with Crippen molar-refractivity contribution < 1.29 is 14.3 Å². The molecule has 0 spiro atoms. The van der Waals surface area contributed by atoms with Crippen LogP contribution in [-0.4, -0.2) is 41.1 Å². The summed E-state index contributed by atoms with van der Waals surface area (Å²) in [7, 11) is 0. The molecule has 3 aromatic carbocycles. The van der Waals surface area contributed by atoms with Crippen molar-refractivity contribution in [1.29, 1.82) is 0 Å². The fraction of sp³-hybridized carbons (Fsp3) is 0.300. The van der Waals surface area contributed by atoms with Crippen LogP contribution in [0.4, 0.5) is 0 Å². The first-order chi connectivity index (χ1) is 17.4. The summed E-state index contributed by atoms with van der Waals surface area (Å²) >= 11 is 0. The van der Waals surface area contributed by atoms with Crippen LogP contribution in [0.1, 0.15) is 28.0 Å². The van der Waals surface area contributed by atoms with Gasteiger partial charge >= 0.3 is 0 Å². The first-order valence-corrected chi connectivity index (χ1v) is 12.4. The lowest BCUT2D eigenvalue weighted by molar-refractivity contribution is 0.121. The number of hydrogen-bond acceptors (Lipinski definition) is 6. The summed E-state index contributed by atoms with van der Waals surface area (Å²) in [5.41, 5.74) is 4.27. The van der Waals surface area contributed by atoms with Crippen LogP contribution in [0.15, 0.2) is 69.9 Å². The number of nitrogens with zero attached hydrogens (tertiary/aromatic N) is 2. The molecule has 1 aliphatic rings. The molecule has 2 heterocycles. The lowest BCUT2D eigenvalue weighted by Gasteiger charge is -2.34. The number of aryl methyl sites for hydroxylation is 3. The second kappa shape index (κ2) is 10.2. The summed E-state index contributed by atoms with van der Waals surface area (Å²) in [4.78, 5) is 18.1. The highest BCUT2D eigenvalue weighted by Gasteiger charge is 2.22. The van der Waals surface area contributed by atoms with Crippen LogP contribution in [0.25, 0.3) is 11.0 Å². The van der Waals surface area contributed by atoms with Crippen LogP contribution in [0.5, 0.6) is 17.2 Å². The van der Waals surface area contributed by atoms with Gasteiger partial charge in [0.25, 0.3) is 0 Å². The van der Waals surface area contributed by atoms with E-state index in [4.69, 9.17) is 9.15 Å². The molecule has 186 valence electrons. The molecule has 1 fully saturated rings. The Labute approximate surface area is 211 Å². The van der Waals surface area contributed by atoms with Gasteiger partial charge in [-0.3, -0.25) is 14.6 Å². The number of rotatable bonds is 6. The topological polar surface area (TPSA) is 66.2 Å². The first-order valence-electron chi connectivity index (χ1n) is 12.4. The van der Waals surface area contributed by atoms with Crippen molar-refractivity contribution in [3.05, 3.63) is 98.9 Å². The lowest BCUT2D eigenvalue weighted by atomic mass is 10.1. The second-order valence-corrected chi connectivity index (χ2v) is 9.72. The highest BCUT2D eigenvalue weighted by atomic mass is 16.5. The Morgan fingerprint density at radius 3 is 2.17 bits per heavy atom. The molecule has 0 bridgehead atoms. The molecule has 1 aliphatic heterocycles. The molecule has 5 rings (SSSR count). The average molecular weight is 485 g/mol. The van der Waals surface area contributed by atoms with Crippen LogP contribution in [0, 0.1) is 20.8 Å². The molecule has 4 aromatic rings. The third kappa shape index (κ3) is 5.15. The summed E-state index contributed by atoms with van der Waals surface area (Å²) in [6.07, 6.45) is 0. The minimum atomic E-state index is -0.234. The third-order valence-corrected chi connectivity index (χ3v) is 6.77. The van der Waals surface area contributed by atoms with Crippen LogP contribution in [0.2, 0.25) is 0 Å². The average Bonchev–Trinajstić information content (AvgIpc) is 2.85. The Kier molecular flexibility index (Phi) is 6.81. The molecular weight excluding hydrogens is 452 g/mol. The summed E-state index contributed by atoms with van der Waals surface area (Å²) < 4.78 is 12.1. The predicted molar refractivity (Wildman–Crippen MR) is 142 cm³/mol. The predicted octanol–water partition coefficient (Wildman–Crippen LogP) is 5.53. The number of hydrogen-bond donors (Lipinski definition) is 1. The fourth-order valence-electron chi connectivity index (χ4n) is 4.95. The van der Waals surface area contributed by atoms with E-state index < -0.39 is 0 Å². The normalized spacial score (nSPS) is 14.9. The quantitative estimate of drug-likeness (QED) is 0.388. The van der Waals surface area contributed by atoms with E-state index in [9.17, 15) is 9.90 Å². The van der Waals surface area contributed by atoms with Gasteiger partial charge in [0.15, 0.2) is 0 Å². The van der Waals surface area contributed by atoms with Gasteiger partial charge in [0.2, 0.25) is 11.2 Å². The Morgan fingerprint density at radius 2 is 1.50 bits per heavy atom. The molecule has 1 aromatic heterocycles. The van der Waals surface area contributed by atoms with Gasteiger partial charge in [-0.15, -0.1) is 0 Å². The van der Waals surface area contributed by atoms with Gasteiger partial charge in [0, 0.05) is 39.3 Å². The standard InChI is InChI=1S/C30H32N2O4/c1-20-15-21(2)17-24(16-20)36-29-22(3)35-30-25(28(29)34)9-10-27(33)26(30)19-32-13-11-31(12-14-32)18-23-7-5-4-6-8-23/h4-10,15-17,33H,11-14,18-19H2,1-3H3. The minimum absolute atomic E-state index is 0.139. The molecule has 0 unspecified atom stereocenters. The number of piperazine rings is 1. The van der Waals surface area contributed by atoms with E-state index in [0.29, 0.717) is 34.6 Å². The van der Waals surface area contributed by atoms with Gasteiger partial charge in [-0.05, 0) is 61.7 Å². The zero-order valence-corrected chi connectivity index (χ0v) is 21.1. The van der Waals surface area contributed by atoms with Crippen molar-refractivity contribution >= 4 is 11.0 Å². The van der Waals surface area contributed by atoms with Crippen molar-refractivity contribution in [3.63, 3.8) is 0 Å². The number of phenols is 1. The van der Waals surface area contributed by atoms with E-state index >= 15 is 0 Å². The monoisotopic (exact) mass is 484 g/mol. The van der Waals surface area contributed by atoms with Crippen molar-refractivity contribution in [2.75, 3.05) is 26.2 Å². The van der Waals surface area contributed by atoms with Crippen molar-refractivity contribution in [1.82, 2.24) is 9.80 Å². The first kappa shape index (κ1) is 24.1. The zero-order valence-electron chi connectivity index (χ0n) is 21.1. The molecule has 0 radical (unpaired) electrons. The number of fused-ring (bicyclic) bond motifs is 1. The van der Waals surface area contributed by atoms with Gasteiger partial charge < -0.3 is 14.3 Å².